The van der Waals surface area contributed by atoms with Gasteiger partial charge in [0.25, 0.3) is 0 Å². The number of carbonyl (C=O) groups excluding carboxylic acids is 1. The van der Waals surface area contributed by atoms with E-state index in [1.165, 1.54) is 0 Å². The van der Waals surface area contributed by atoms with E-state index in [4.69, 9.17) is 18.9 Å². The van der Waals surface area contributed by atoms with Crippen LogP contribution in [0.3, 0.4) is 0 Å². The molecule has 2 heterocycles. The molecular formula is C24H28O6. The summed E-state index contributed by atoms with van der Waals surface area (Å²) < 4.78 is 22.2. The van der Waals surface area contributed by atoms with Gasteiger partial charge < -0.3 is 24.1 Å². The molecule has 30 heavy (non-hydrogen) atoms. The zero-order valence-corrected chi connectivity index (χ0v) is 17.8. The molecule has 0 amide bonds. The minimum Gasteiger partial charge on any atom is -0.497 e. The lowest BCUT2D eigenvalue weighted by atomic mass is 9.82. The molecular weight excluding hydrogens is 384 g/mol. The van der Waals surface area contributed by atoms with Crippen LogP contribution in [0.1, 0.15) is 36.5 Å². The number of carbonyl (C=O) groups is 1. The van der Waals surface area contributed by atoms with Gasteiger partial charge in [-0.25, -0.2) is 0 Å². The first-order valence-electron chi connectivity index (χ1n) is 10.2. The van der Waals surface area contributed by atoms with Crippen LogP contribution in [-0.2, 0) is 27.1 Å². The van der Waals surface area contributed by atoms with Crippen molar-refractivity contribution in [3.63, 3.8) is 0 Å². The van der Waals surface area contributed by atoms with Crippen molar-refractivity contribution in [1.82, 2.24) is 0 Å². The van der Waals surface area contributed by atoms with Crippen LogP contribution in [0, 0.1) is 5.92 Å². The molecule has 6 heteroatoms. The van der Waals surface area contributed by atoms with E-state index in [1.54, 1.807) is 14.2 Å². The van der Waals surface area contributed by atoms with E-state index in [0.717, 1.165) is 28.2 Å². The van der Waals surface area contributed by atoms with Gasteiger partial charge in [-0.05, 0) is 55.2 Å². The molecule has 6 nitrogen and oxygen atoms in total. The first-order chi connectivity index (χ1) is 14.3. The Hall–Kier alpha value is -2.57. The van der Waals surface area contributed by atoms with Crippen molar-refractivity contribution in [3.8, 4) is 11.5 Å². The van der Waals surface area contributed by atoms with E-state index >= 15 is 0 Å². The molecule has 4 rings (SSSR count). The first kappa shape index (κ1) is 20.7. The summed E-state index contributed by atoms with van der Waals surface area (Å²) in [6, 6.07) is 13.5. The Kier molecular flexibility index (Phi) is 5.47. The van der Waals surface area contributed by atoms with Crippen LogP contribution in [0.25, 0.3) is 0 Å². The number of esters is 1. The second-order valence-corrected chi connectivity index (χ2v) is 8.53. The molecule has 1 saturated heterocycles. The average molecular weight is 412 g/mol. The molecule has 0 bridgehead atoms. The summed E-state index contributed by atoms with van der Waals surface area (Å²) in [4.78, 5) is 12.7. The molecule has 2 aromatic rings. The molecule has 4 atom stereocenters. The molecule has 4 unspecified atom stereocenters. The monoisotopic (exact) mass is 412 g/mol. The number of cyclic esters (lactones) is 1. The smallest absolute Gasteiger partial charge is 0.316 e. The highest BCUT2D eigenvalue weighted by Crippen LogP contribution is 2.41. The predicted molar refractivity (Wildman–Crippen MR) is 111 cm³/mol. The van der Waals surface area contributed by atoms with E-state index in [9.17, 15) is 9.90 Å². The van der Waals surface area contributed by atoms with Crippen molar-refractivity contribution in [2.24, 2.45) is 5.92 Å². The van der Waals surface area contributed by atoms with E-state index in [1.807, 2.05) is 56.3 Å². The lowest BCUT2D eigenvalue weighted by molar-refractivity contribution is -0.161. The highest BCUT2D eigenvalue weighted by Gasteiger charge is 2.46. The maximum absolute atomic E-state index is 12.7. The van der Waals surface area contributed by atoms with Gasteiger partial charge in [-0.2, -0.15) is 0 Å². The molecule has 1 N–H and O–H groups in total. The third-order valence-corrected chi connectivity index (χ3v) is 6.16. The number of benzene rings is 2. The molecule has 2 aromatic carbocycles. The van der Waals surface area contributed by atoms with E-state index < -0.39 is 23.9 Å². The van der Waals surface area contributed by atoms with E-state index in [2.05, 4.69) is 0 Å². The van der Waals surface area contributed by atoms with Gasteiger partial charge in [-0.15, -0.1) is 0 Å². The molecule has 2 aliphatic rings. The maximum Gasteiger partial charge on any atom is 0.316 e. The topological polar surface area (TPSA) is 74.2 Å². The maximum atomic E-state index is 12.7. The SMILES string of the molecule is COc1ccc(C2C(=O)OC(OC)C2Cc2ccc3c(c2)CC(O)C(C)(C)O3)cc1. The number of fused-ring (bicyclic) bond motifs is 1. The quantitative estimate of drug-likeness (QED) is 0.760. The Bertz CT molecular complexity index is 920. The van der Waals surface area contributed by atoms with Crippen LogP contribution in [-0.4, -0.2) is 43.3 Å². The van der Waals surface area contributed by atoms with Crippen LogP contribution < -0.4 is 9.47 Å². The van der Waals surface area contributed by atoms with Gasteiger partial charge in [0.1, 0.15) is 17.1 Å². The van der Waals surface area contributed by atoms with Crippen molar-refractivity contribution in [3.05, 3.63) is 59.2 Å². The van der Waals surface area contributed by atoms with Crippen molar-refractivity contribution >= 4 is 5.97 Å². The van der Waals surface area contributed by atoms with Gasteiger partial charge in [-0.1, -0.05) is 24.3 Å². The Labute approximate surface area is 176 Å². The number of ether oxygens (including phenoxy) is 4. The number of hydrogen-bond acceptors (Lipinski definition) is 6. The number of rotatable bonds is 5. The van der Waals surface area contributed by atoms with Crippen molar-refractivity contribution in [2.75, 3.05) is 14.2 Å². The predicted octanol–water partition coefficient (Wildman–Crippen LogP) is 3.24. The largest absolute Gasteiger partial charge is 0.497 e. The lowest BCUT2D eigenvalue weighted by Crippen LogP contribution is -2.46. The van der Waals surface area contributed by atoms with Crippen LogP contribution in [0.15, 0.2) is 42.5 Å². The van der Waals surface area contributed by atoms with Gasteiger partial charge in [0.2, 0.25) is 6.29 Å². The molecule has 0 aliphatic carbocycles. The molecule has 0 aromatic heterocycles. The van der Waals surface area contributed by atoms with Gasteiger partial charge >= 0.3 is 5.97 Å². The summed E-state index contributed by atoms with van der Waals surface area (Å²) in [7, 11) is 3.17. The summed E-state index contributed by atoms with van der Waals surface area (Å²) in [6.45, 7) is 3.78. The second-order valence-electron chi connectivity index (χ2n) is 8.53. The summed E-state index contributed by atoms with van der Waals surface area (Å²) in [5, 5.41) is 10.4. The first-order valence-corrected chi connectivity index (χ1v) is 10.2. The second kappa shape index (κ2) is 7.93. The fourth-order valence-electron chi connectivity index (χ4n) is 4.34. The molecule has 0 spiro atoms. The fraction of sp³-hybridized carbons (Fsp3) is 0.458. The van der Waals surface area contributed by atoms with Crippen LogP contribution in [0.5, 0.6) is 11.5 Å². The molecule has 0 radical (unpaired) electrons. The van der Waals surface area contributed by atoms with Crippen LogP contribution >= 0.6 is 0 Å². The Morgan fingerprint density at radius 1 is 1.13 bits per heavy atom. The van der Waals surface area contributed by atoms with Crippen molar-refractivity contribution < 1.29 is 28.8 Å². The van der Waals surface area contributed by atoms with Crippen LogP contribution in [0.4, 0.5) is 0 Å². The van der Waals surface area contributed by atoms with Gasteiger partial charge in [0.05, 0.1) is 19.1 Å². The summed E-state index contributed by atoms with van der Waals surface area (Å²) >= 11 is 0. The third-order valence-electron chi connectivity index (χ3n) is 6.16. The highest BCUT2D eigenvalue weighted by molar-refractivity contribution is 5.81. The Morgan fingerprint density at radius 2 is 1.87 bits per heavy atom. The fourth-order valence-corrected chi connectivity index (χ4v) is 4.34. The minimum absolute atomic E-state index is 0.167. The van der Waals surface area contributed by atoms with Crippen molar-refractivity contribution in [1.29, 1.82) is 0 Å². The van der Waals surface area contributed by atoms with E-state index in [-0.39, 0.29) is 11.9 Å². The van der Waals surface area contributed by atoms with Crippen LogP contribution in [0.2, 0.25) is 0 Å². The summed E-state index contributed by atoms with van der Waals surface area (Å²) in [5.41, 5.74) is 2.29. The summed E-state index contributed by atoms with van der Waals surface area (Å²) in [6.07, 6.45) is -0.0450. The standard InChI is InChI=1S/C24H28O6/c1-24(2)20(25)13-16-11-14(5-10-19(16)30-24)12-18-21(22(26)29-23(18)28-4)15-6-8-17(27-3)9-7-15/h5-11,18,20-21,23,25H,12-13H2,1-4H3. The number of aliphatic hydroxyl groups excluding tert-OH is 1. The third kappa shape index (κ3) is 3.77. The molecule has 1 fully saturated rings. The molecule has 160 valence electrons. The van der Waals surface area contributed by atoms with Gasteiger partial charge in [-0.3, -0.25) is 4.79 Å². The zero-order chi connectivity index (χ0) is 21.5. The lowest BCUT2D eigenvalue weighted by Gasteiger charge is -2.37. The Balaban J connectivity index is 1.61. The Morgan fingerprint density at radius 3 is 2.53 bits per heavy atom. The number of hydrogen-bond donors (Lipinski definition) is 1. The van der Waals surface area contributed by atoms with E-state index in [0.29, 0.717) is 12.8 Å². The van der Waals surface area contributed by atoms with Gasteiger partial charge in [0, 0.05) is 19.4 Å². The molecule has 0 saturated carbocycles. The number of methoxy groups -OCH3 is 2. The molecule has 2 aliphatic heterocycles. The highest BCUT2D eigenvalue weighted by atomic mass is 16.7. The average Bonchev–Trinajstić information content (AvgIpc) is 3.04. The minimum atomic E-state index is -0.610. The normalized spacial score (nSPS) is 27.2. The van der Waals surface area contributed by atoms with Gasteiger partial charge in [0.15, 0.2) is 0 Å². The summed E-state index contributed by atoms with van der Waals surface area (Å²) in [5.74, 6) is 0.664. The zero-order valence-electron chi connectivity index (χ0n) is 17.8. The van der Waals surface area contributed by atoms with Crippen molar-refractivity contribution in [2.45, 2.75) is 50.6 Å². The number of aliphatic hydroxyl groups is 1.